The fraction of sp³-hybridized carbons (Fsp3) is 0.333. The number of hydrogen-bond donors (Lipinski definition) is 0. The van der Waals surface area contributed by atoms with Crippen LogP contribution in [0.4, 0.5) is 8.78 Å². The zero-order valence-corrected chi connectivity index (χ0v) is 16.6. The molecule has 3 nitrogen and oxygen atoms in total. The summed E-state index contributed by atoms with van der Waals surface area (Å²) in [5.41, 5.74) is 0. The zero-order valence-electron chi connectivity index (χ0n) is 15.6. The van der Waals surface area contributed by atoms with Gasteiger partial charge in [-0.05, 0) is 30.3 Å². The Balaban J connectivity index is 2.06. The maximum Gasteiger partial charge on any atom is 0.140 e. The molecule has 0 saturated carbocycles. The maximum absolute atomic E-state index is 13.6. The summed E-state index contributed by atoms with van der Waals surface area (Å²) < 4.78 is 29.1. The fourth-order valence-electron chi connectivity index (χ4n) is 3.70. The van der Waals surface area contributed by atoms with Crippen molar-refractivity contribution in [2.45, 2.75) is 44.8 Å². The van der Waals surface area contributed by atoms with Gasteiger partial charge in [-0.1, -0.05) is 67.2 Å². The number of unbranched alkanes of at least 4 members (excludes halogenated alkanes) is 3. The average Bonchev–Trinajstić information content (AvgIpc) is 3.18. The summed E-state index contributed by atoms with van der Waals surface area (Å²) in [7, 11) is -2.32. The molecule has 0 fully saturated rings. The van der Waals surface area contributed by atoms with Gasteiger partial charge in [0.15, 0.2) is 0 Å². The van der Waals surface area contributed by atoms with Crippen molar-refractivity contribution < 1.29 is 8.78 Å². The van der Waals surface area contributed by atoms with E-state index in [2.05, 4.69) is 17.0 Å². The van der Waals surface area contributed by atoms with E-state index in [4.69, 9.17) is 0 Å². The quantitative estimate of drug-likeness (QED) is 0.413. The van der Waals surface area contributed by atoms with E-state index in [1.54, 1.807) is 6.33 Å². The number of aromatic nitrogens is 3. The molecule has 0 atom stereocenters. The maximum atomic E-state index is 13.6. The molecular weight excluding hydrogens is 360 g/mol. The molecule has 0 spiro atoms. The highest BCUT2D eigenvalue weighted by Gasteiger charge is 2.37. The van der Waals surface area contributed by atoms with E-state index in [1.807, 2.05) is 28.9 Å². The topological polar surface area (TPSA) is 30.7 Å². The fourth-order valence-corrected chi connectivity index (χ4v) is 8.31. The first-order chi connectivity index (χ1) is 13.1. The minimum atomic E-state index is -2.32. The number of hydrogen-bond acceptors (Lipinski definition) is 2. The molecule has 6 heteroatoms. The van der Waals surface area contributed by atoms with Crippen molar-refractivity contribution in [2.24, 2.45) is 0 Å². The van der Waals surface area contributed by atoms with Gasteiger partial charge in [-0.25, -0.2) is 13.8 Å². The molecule has 0 aliphatic carbocycles. The number of nitrogens with zero attached hydrogens (tertiary/aromatic N) is 3. The van der Waals surface area contributed by atoms with Crippen LogP contribution in [0, 0.1) is 11.6 Å². The molecule has 0 bridgehead atoms. The van der Waals surface area contributed by atoms with E-state index < -0.39 is 8.07 Å². The Kier molecular flexibility index (Phi) is 6.50. The Bertz CT molecular complexity index is 772. The van der Waals surface area contributed by atoms with Crippen LogP contribution in [0.1, 0.15) is 32.6 Å². The Morgan fingerprint density at radius 3 is 1.93 bits per heavy atom. The standard InChI is InChI=1S/C21H25F2N3Si/c1-2-3-4-5-14-27(17-26-16-24-15-25-26,20-10-6-18(22)7-11-20)21-12-8-19(23)9-13-21/h6-13,15-16H,2-5,14,17H2,1H3. The summed E-state index contributed by atoms with van der Waals surface area (Å²) in [5.74, 6) is -0.486. The number of halogens is 2. The van der Waals surface area contributed by atoms with Gasteiger partial charge < -0.3 is 0 Å². The van der Waals surface area contributed by atoms with Crippen molar-refractivity contribution in [1.82, 2.24) is 14.8 Å². The molecule has 3 rings (SSSR count). The molecule has 0 unspecified atom stereocenters. The summed E-state index contributed by atoms with van der Waals surface area (Å²) in [6, 6.07) is 14.7. The summed E-state index contributed by atoms with van der Waals surface area (Å²) in [4.78, 5) is 4.09. The predicted molar refractivity (Wildman–Crippen MR) is 107 cm³/mol. The molecule has 142 valence electrons. The molecule has 3 aromatic rings. The summed E-state index contributed by atoms with van der Waals surface area (Å²) in [6.07, 6.45) is 8.57. The predicted octanol–water partition coefficient (Wildman–Crippen LogP) is 3.94. The lowest BCUT2D eigenvalue weighted by Gasteiger charge is -2.33. The SMILES string of the molecule is CCCCCC[Si](Cn1cncn1)(c1ccc(F)cc1)c1ccc(F)cc1. The first-order valence-electron chi connectivity index (χ1n) is 9.48. The van der Waals surface area contributed by atoms with Gasteiger partial charge in [-0.15, -0.1) is 0 Å². The Labute approximate surface area is 160 Å². The lowest BCUT2D eigenvalue weighted by molar-refractivity contribution is 0.628. The van der Waals surface area contributed by atoms with Crippen LogP contribution in [-0.2, 0) is 6.17 Å². The van der Waals surface area contributed by atoms with Crippen LogP contribution in [0.3, 0.4) is 0 Å². The largest absolute Gasteiger partial charge is 0.255 e. The second kappa shape index (κ2) is 9.04. The molecule has 1 aromatic heterocycles. The molecule has 1 heterocycles. The summed E-state index contributed by atoms with van der Waals surface area (Å²) >= 11 is 0. The molecule has 0 amide bonds. The van der Waals surface area contributed by atoms with Crippen LogP contribution in [0.5, 0.6) is 0 Å². The van der Waals surface area contributed by atoms with Crippen LogP contribution in [0.15, 0.2) is 61.2 Å². The van der Waals surface area contributed by atoms with Gasteiger partial charge in [0.05, 0.1) is 0 Å². The van der Waals surface area contributed by atoms with Crippen molar-refractivity contribution in [1.29, 1.82) is 0 Å². The van der Waals surface area contributed by atoms with Gasteiger partial charge in [-0.3, -0.25) is 4.68 Å². The number of rotatable bonds is 9. The minimum absolute atomic E-state index is 0.243. The van der Waals surface area contributed by atoms with Crippen molar-refractivity contribution >= 4 is 18.4 Å². The van der Waals surface area contributed by atoms with E-state index in [-0.39, 0.29) is 11.6 Å². The molecule has 0 N–H and O–H groups in total. The van der Waals surface area contributed by atoms with Crippen molar-refractivity contribution in [3.05, 3.63) is 72.8 Å². The lowest BCUT2D eigenvalue weighted by Crippen LogP contribution is -2.61. The Morgan fingerprint density at radius 1 is 0.852 bits per heavy atom. The highest BCUT2D eigenvalue weighted by atomic mass is 28.3. The molecule has 0 saturated heterocycles. The smallest absolute Gasteiger partial charge is 0.140 e. The normalized spacial score (nSPS) is 11.7. The third kappa shape index (κ3) is 4.69. The van der Waals surface area contributed by atoms with Crippen molar-refractivity contribution in [3.63, 3.8) is 0 Å². The molecule has 0 radical (unpaired) electrons. The van der Waals surface area contributed by atoms with Gasteiger partial charge in [0.25, 0.3) is 0 Å². The molecule has 27 heavy (non-hydrogen) atoms. The third-order valence-electron chi connectivity index (χ3n) is 5.15. The molecular formula is C21H25F2N3Si. The number of benzene rings is 2. The van der Waals surface area contributed by atoms with Crippen LogP contribution in [-0.4, -0.2) is 22.8 Å². The van der Waals surface area contributed by atoms with E-state index in [1.165, 1.54) is 43.4 Å². The van der Waals surface area contributed by atoms with Crippen LogP contribution in [0.25, 0.3) is 0 Å². The second-order valence-electron chi connectivity index (χ2n) is 7.00. The van der Waals surface area contributed by atoms with Gasteiger partial charge in [0.2, 0.25) is 0 Å². The van der Waals surface area contributed by atoms with Gasteiger partial charge in [-0.2, -0.15) is 5.10 Å². The monoisotopic (exact) mass is 385 g/mol. The zero-order chi connectivity index (χ0) is 19.1. The van der Waals surface area contributed by atoms with Crippen LogP contribution in [0.2, 0.25) is 6.04 Å². The van der Waals surface area contributed by atoms with Crippen molar-refractivity contribution in [2.75, 3.05) is 0 Å². The summed E-state index contributed by atoms with van der Waals surface area (Å²) in [6.45, 7) is 2.19. The van der Waals surface area contributed by atoms with E-state index in [9.17, 15) is 8.78 Å². The first-order valence-corrected chi connectivity index (χ1v) is 11.9. The van der Waals surface area contributed by atoms with Gasteiger partial charge >= 0.3 is 0 Å². The molecule has 2 aromatic carbocycles. The van der Waals surface area contributed by atoms with Gasteiger partial charge in [0, 0.05) is 6.17 Å². The highest BCUT2D eigenvalue weighted by molar-refractivity contribution is 7.01. The third-order valence-corrected chi connectivity index (χ3v) is 10.1. The van der Waals surface area contributed by atoms with E-state index in [0.717, 1.165) is 29.3 Å². The summed E-state index contributed by atoms with van der Waals surface area (Å²) in [5, 5.41) is 6.61. The molecule has 0 aliphatic heterocycles. The molecule has 0 aliphatic rings. The Hall–Kier alpha value is -2.34. The minimum Gasteiger partial charge on any atom is -0.255 e. The van der Waals surface area contributed by atoms with Gasteiger partial charge in [0.1, 0.15) is 32.4 Å². The van der Waals surface area contributed by atoms with Crippen LogP contribution < -0.4 is 10.4 Å². The highest BCUT2D eigenvalue weighted by Crippen LogP contribution is 2.19. The Morgan fingerprint density at radius 2 is 1.44 bits per heavy atom. The van der Waals surface area contributed by atoms with E-state index in [0.29, 0.717) is 6.17 Å². The van der Waals surface area contributed by atoms with Crippen molar-refractivity contribution in [3.8, 4) is 0 Å². The van der Waals surface area contributed by atoms with Crippen LogP contribution >= 0.6 is 0 Å². The average molecular weight is 386 g/mol. The first kappa shape index (κ1) is 19.4. The van der Waals surface area contributed by atoms with E-state index >= 15 is 0 Å². The second-order valence-corrected chi connectivity index (χ2v) is 11.1. The lowest BCUT2D eigenvalue weighted by atomic mass is 10.2.